The second-order valence-electron chi connectivity index (χ2n) is 5.93. The van der Waals surface area contributed by atoms with Crippen molar-refractivity contribution in [1.29, 1.82) is 0 Å². The monoisotopic (exact) mass is 589 g/mol. The van der Waals surface area contributed by atoms with E-state index >= 15 is 0 Å². The second-order valence-corrected chi connectivity index (χ2v) is 25.7. The van der Waals surface area contributed by atoms with Gasteiger partial charge in [-0.25, -0.2) is 0 Å². The summed E-state index contributed by atoms with van der Waals surface area (Å²) in [5.74, 6) is -0.556. The van der Waals surface area contributed by atoms with E-state index in [-0.39, 0.29) is 48.0 Å². The molecule has 0 aromatic carbocycles. The molecule has 0 saturated carbocycles. The van der Waals surface area contributed by atoms with Gasteiger partial charge in [0.2, 0.25) is 0 Å². The normalized spacial score (nSPS) is 20.1. The predicted molar refractivity (Wildman–Crippen MR) is 81.4 cm³/mol. The zero-order valence-corrected chi connectivity index (χ0v) is 20.8. The third kappa shape index (κ3) is 4.29. The van der Waals surface area contributed by atoms with Crippen LogP contribution in [0.5, 0.6) is 0 Å². The largest absolute Gasteiger partial charge is 1.00 e. The summed E-state index contributed by atoms with van der Waals surface area (Å²) in [4.78, 5) is 0. The first-order valence-electron chi connectivity index (χ1n) is 7.17. The maximum absolute atomic E-state index is 2.51. The van der Waals surface area contributed by atoms with Gasteiger partial charge in [0.1, 0.15) is 0 Å². The Labute approximate surface area is 167 Å². The maximum Gasteiger partial charge on any atom is -1.00 e. The van der Waals surface area contributed by atoms with Gasteiger partial charge >= 0.3 is 121 Å². The fourth-order valence-electron chi connectivity index (χ4n) is 3.65. The first kappa shape index (κ1) is 21.5. The summed E-state index contributed by atoms with van der Waals surface area (Å²) < 4.78 is 0.915. The molecule has 0 nitrogen and oxygen atoms in total. The number of allylic oxidation sites excluding steroid dienone is 8. The van der Waals surface area contributed by atoms with Crippen LogP contribution in [-0.4, -0.2) is 5.92 Å². The van der Waals surface area contributed by atoms with Crippen LogP contribution in [0.3, 0.4) is 0 Å². The Morgan fingerprint density at radius 1 is 0.750 bits per heavy atom. The van der Waals surface area contributed by atoms with E-state index in [1.54, 1.807) is 0 Å². The Balaban J connectivity index is 0.00000180. The Hall–Kier alpha value is 1.52. The molecule has 0 heterocycles. The van der Waals surface area contributed by atoms with Crippen LogP contribution in [0.4, 0.5) is 0 Å². The first-order chi connectivity index (χ1) is 8.56. The van der Waals surface area contributed by atoms with Crippen molar-refractivity contribution in [2.24, 2.45) is 0 Å². The zero-order valence-electron chi connectivity index (χ0n) is 12.9. The molecule has 0 saturated heterocycles. The molecule has 0 atom stereocenters. The summed E-state index contributed by atoms with van der Waals surface area (Å²) >= 11 is -1.59. The number of halogens is 2. The SMILES string of the molecule is CC[SiH](CC)[Zr+2]([C]1(C)C=CC=C1)[C]1(C)C=CC=C1.[I-].[I-]. The van der Waals surface area contributed by atoms with E-state index in [2.05, 4.69) is 76.3 Å². The molecule has 0 N–H and O–H groups in total. The smallest absolute Gasteiger partial charge is 1.00 e. The minimum Gasteiger partial charge on any atom is -1.00 e. The predicted octanol–water partition coefficient (Wildman–Crippen LogP) is -1.01. The summed E-state index contributed by atoms with van der Waals surface area (Å²) in [6, 6.07) is 2.97. The van der Waals surface area contributed by atoms with Crippen LogP contribution >= 0.6 is 0 Å². The minimum absolute atomic E-state index is 0. The average Bonchev–Trinajstić information content (AvgIpc) is 2.96. The number of hydrogen-bond donors (Lipinski definition) is 0. The Morgan fingerprint density at radius 3 is 1.30 bits per heavy atom. The van der Waals surface area contributed by atoms with E-state index in [9.17, 15) is 0 Å². The van der Waals surface area contributed by atoms with Gasteiger partial charge in [-0.15, -0.1) is 0 Å². The van der Waals surface area contributed by atoms with Gasteiger partial charge in [-0.3, -0.25) is 0 Å². The van der Waals surface area contributed by atoms with Crippen molar-refractivity contribution >= 4 is 5.92 Å². The van der Waals surface area contributed by atoms with Gasteiger partial charge in [0.05, 0.1) is 0 Å². The third-order valence-corrected chi connectivity index (χ3v) is 34.1. The molecular weight excluding hydrogens is 565 g/mol. The molecule has 0 spiro atoms. The molecular formula is C16H25I2SiZr. The molecule has 0 bridgehead atoms. The number of rotatable bonds is 5. The maximum atomic E-state index is 2.51. The number of hydrogen-bond acceptors (Lipinski definition) is 0. The van der Waals surface area contributed by atoms with Gasteiger partial charge < -0.3 is 48.0 Å². The quantitative estimate of drug-likeness (QED) is 0.285. The summed E-state index contributed by atoms with van der Waals surface area (Å²) in [5.41, 5.74) is 0. The fraction of sp³-hybridized carbons (Fsp3) is 0.500. The van der Waals surface area contributed by atoms with Gasteiger partial charge in [-0.2, -0.15) is 0 Å². The van der Waals surface area contributed by atoms with Gasteiger partial charge in [-0.05, 0) is 0 Å². The fourth-order valence-corrected chi connectivity index (χ4v) is 33.6. The zero-order chi connectivity index (χ0) is 13.2. The summed E-state index contributed by atoms with van der Waals surface area (Å²) in [5, 5.41) is 0. The summed E-state index contributed by atoms with van der Waals surface area (Å²) in [6.07, 6.45) is 19.2. The molecule has 2 aliphatic rings. The molecule has 0 aliphatic heterocycles. The molecule has 0 amide bonds. The van der Waals surface area contributed by atoms with Crippen LogP contribution in [0.25, 0.3) is 0 Å². The molecule has 4 heteroatoms. The van der Waals surface area contributed by atoms with Crippen LogP contribution in [0.1, 0.15) is 27.7 Å². The van der Waals surface area contributed by atoms with Crippen molar-refractivity contribution in [3.05, 3.63) is 48.6 Å². The molecule has 0 radical (unpaired) electrons. The molecule has 0 unspecified atom stereocenters. The average molecular weight is 590 g/mol. The van der Waals surface area contributed by atoms with Gasteiger partial charge in [-0.1, -0.05) is 0 Å². The van der Waals surface area contributed by atoms with Crippen LogP contribution in [0.15, 0.2) is 48.6 Å². The first-order valence-corrected chi connectivity index (χ1v) is 16.1. The molecule has 20 heavy (non-hydrogen) atoms. The molecule has 0 aromatic heterocycles. The van der Waals surface area contributed by atoms with Crippen molar-refractivity contribution in [2.75, 3.05) is 0 Å². The summed E-state index contributed by atoms with van der Waals surface area (Å²) in [6.45, 7) is 9.91. The van der Waals surface area contributed by atoms with Crippen molar-refractivity contribution in [2.45, 2.75) is 46.0 Å². The Kier molecular flexibility index (Phi) is 9.65. The molecule has 111 valence electrons. The van der Waals surface area contributed by atoms with Gasteiger partial charge in [0.15, 0.2) is 0 Å². The van der Waals surface area contributed by atoms with E-state index in [1.165, 1.54) is 12.1 Å². The van der Waals surface area contributed by atoms with E-state index in [0.29, 0.717) is 6.25 Å². The van der Waals surface area contributed by atoms with Crippen molar-refractivity contribution < 1.29 is 68.9 Å². The molecule has 2 rings (SSSR count). The third-order valence-electron chi connectivity index (χ3n) is 4.55. The van der Waals surface area contributed by atoms with Crippen molar-refractivity contribution in [1.82, 2.24) is 0 Å². The van der Waals surface area contributed by atoms with Crippen LogP contribution in [0.2, 0.25) is 18.3 Å². The molecule has 0 aromatic rings. The van der Waals surface area contributed by atoms with Crippen molar-refractivity contribution in [3.8, 4) is 0 Å². The standard InChI is InChI=1S/2C6H7.C4H11Si.2HI.Zr/c2*1-6-4-2-3-5-6;1-3-5-4-2;;;/h2*2-5H,1H3;5H,3-4H2,1-2H3;2*1H;/q;;;;;+2/p-2. The van der Waals surface area contributed by atoms with Crippen LogP contribution in [-0.2, 0) is 20.9 Å². The Morgan fingerprint density at radius 2 is 1.05 bits per heavy atom. The van der Waals surface area contributed by atoms with E-state index < -0.39 is 26.8 Å². The van der Waals surface area contributed by atoms with E-state index in [0.717, 1.165) is 0 Å². The van der Waals surface area contributed by atoms with Crippen molar-refractivity contribution in [3.63, 3.8) is 0 Å². The Bertz CT molecular complexity index is 364. The van der Waals surface area contributed by atoms with Crippen LogP contribution in [0, 0.1) is 0 Å². The minimum atomic E-state index is -1.59. The van der Waals surface area contributed by atoms with Gasteiger partial charge in [0, 0.05) is 0 Å². The topological polar surface area (TPSA) is 0 Å². The second kappa shape index (κ2) is 8.97. The summed E-state index contributed by atoms with van der Waals surface area (Å²) in [7, 11) is 0. The van der Waals surface area contributed by atoms with Gasteiger partial charge in [0.25, 0.3) is 0 Å². The van der Waals surface area contributed by atoms with E-state index in [1.807, 2.05) is 0 Å². The van der Waals surface area contributed by atoms with Crippen LogP contribution < -0.4 is 48.0 Å². The van der Waals surface area contributed by atoms with E-state index in [4.69, 9.17) is 0 Å². The molecule has 2 aliphatic carbocycles. The molecule has 0 fully saturated rings.